The van der Waals surface area contributed by atoms with Crippen molar-refractivity contribution in [2.24, 2.45) is 0 Å². The van der Waals surface area contributed by atoms with Gasteiger partial charge >= 0.3 is 0 Å². The summed E-state index contributed by atoms with van der Waals surface area (Å²) < 4.78 is 6.83. The number of hydrogen-bond donors (Lipinski definition) is 0. The first-order valence-electron chi connectivity index (χ1n) is 7.77. The Labute approximate surface area is 146 Å². The predicted molar refractivity (Wildman–Crippen MR) is 93.7 cm³/mol. The van der Waals surface area contributed by atoms with Crippen LogP contribution in [-0.2, 0) is 6.54 Å². The normalized spacial score (nSPS) is 10.9. The fraction of sp³-hybridized carbons (Fsp3) is 0.0556. The number of nitro groups is 1. The standard InChI is InChI=1S/C18H12N4O4/c23-18-9-7-14(12-4-2-1-3-5-12)20-21(18)11-17-19-15-10-13(22(24)25)6-8-16(15)26-17/h1-10H,11H2. The Morgan fingerprint density at radius 2 is 1.88 bits per heavy atom. The molecule has 0 spiro atoms. The average molecular weight is 348 g/mol. The molecular formula is C18H12N4O4. The van der Waals surface area contributed by atoms with Crippen molar-refractivity contribution in [3.63, 3.8) is 0 Å². The second kappa shape index (κ2) is 6.25. The Hall–Kier alpha value is -3.81. The Kier molecular flexibility index (Phi) is 3.77. The summed E-state index contributed by atoms with van der Waals surface area (Å²) in [5.74, 6) is 0.250. The molecule has 2 heterocycles. The van der Waals surface area contributed by atoms with Crippen molar-refractivity contribution in [3.8, 4) is 11.3 Å². The number of oxazole rings is 1. The van der Waals surface area contributed by atoms with Crippen LogP contribution in [0.1, 0.15) is 5.89 Å². The first-order valence-corrected chi connectivity index (χ1v) is 7.77. The monoisotopic (exact) mass is 348 g/mol. The van der Waals surface area contributed by atoms with E-state index in [1.54, 1.807) is 6.07 Å². The van der Waals surface area contributed by atoms with Gasteiger partial charge in [-0.1, -0.05) is 30.3 Å². The number of non-ortho nitro benzene ring substituents is 1. The zero-order chi connectivity index (χ0) is 18.1. The third kappa shape index (κ3) is 2.95. The van der Waals surface area contributed by atoms with Crippen molar-refractivity contribution < 1.29 is 9.34 Å². The molecule has 0 atom stereocenters. The molecule has 0 saturated carbocycles. The molecule has 0 unspecified atom stereocenters. The Morgan fingerprint density at radius 1 is 1.08 bits per heavy atom. The van der Waals surface area contributed by atoms with Crippen LogP contribution in [0, 0.1) is 10.1 Å². The highest BCUT2D eigenvalue weighted by Gasteiger charge is 2.13. The molecule has 8 nitrogen and oxygen atoms in total. The Bertz CT molecular complexity index is 1160. The zero-order valence-electron chi connectivity index (χ0n) is 13.4. The molecule has 128 valence electrons. The summed E-state index contributed by atoms with van der Waals surface area (Å²) in [6, 6.07) is 16.7. The molecule has 0 N–H and O–H groups in total. The minimum Gasteiger partial charge on any atom is -0.439 e. The van der Waals surface area contributed by atoms with E-state index in [0.717, 1.165) is 5.56 Å². The predicted octanol–water partition coefficient (Wildman–Crippen LogP) is 3.01. The summed E-state index contributed by atoms with van der Waals surface area (Å²) in [6.07, 6.45) is 0. The van der Waals surface area contributed by atoms with Crippen LogP contribution in [0.3, 0.4) is 0 Å². The van der Waals surface area contributed by atoms with Gasteiger partial charge in [0.2, 0.25) is 5.89 Å². The van der Waals surface area contributed by atoms with Crippen LogP contribution in [-0.4, -0.2) is 19.7 Å². The lowest BCUT2D eigenvalue weighted by Gasteiger charge is -2.05. The van der Waals surface area contributed by atoms with E-state index in [1.807, 2.05) is 30.3 Å². The molecule has 2 aromatic heterocycles. The average Bonchev–Trinajstić information content (AvgIpc) is 3.05. The Morgan fingerprint density at radius 3 is 2.65 bits per heavy atom. The summed E-state index contributed by atoms with van der Waals surface area (Å²) in [5.41, 5.74) is 1.95. The van der Waals surface area contributed by atoms with Gasteiger partial charge in [-0.15, -0.1) is 0 Å². The van der Waals surface area contributed by atoms with Crippen molar-refractivity contribution in [3.05, 3.63) is 87.0 Å². The smallest absolute Gasteiger partial charge is 0.271 e. The fourth-order valence-electron chi connectivity index (χ4n) is 2.60. The van der Waals surface area contributed by atoms with Gasteiger partial charge in [0.25, 0.3) is 11.2 Å². The van der Waals surface area contributed by atoms with Crippen LogP contribution in [0.2, 0.25) is 0 Å². The number of aromatic nitrogens is 3. The van der Waals surface area contributed by atoms with Gasteiger partial charge in [0, 0.05) is 23.8 Å². The summed E-state index contributed by atoms with van der Waals surface area (Å²) in [5, 5.41) is 15.2. The highest BCUT2D eigenvalue weighted by Crippen LogP contribution is 2.21. The van der Waals surface area contributed by atoms with Gasteiger partial charge in [0.1, 0.15) is 12.1 Å². The molecule has 0 saturated heterocycles. The summed E-state index contributed by atoms with van der Waals surface area (Å²) in [6.45, 7) is 0.0297. The highest BCUT2D eigenvalue weighted by atomic mass is 16.6. The van der Waals surface area contributed by atoms with Gasteiger partial charge in [-0.3, -0.25) is 14.9 Å². The van der Waals surface area contributed by atoms with E-state index in [-0.39, 0.29) is 23.7 Å². The lowest BCUT2D eigenvalue weighted by molar-refractivity contribution is -0.384. The third-order valence-corrected chi connectivity index (χ3v) is 3.85. The van der Waals surface area contributed by atoms with Crippen molar-refractivity contribution in [2.75, 3.05) is 0 Å². The third-order valence-electron chi connectivity index (χ3n) is 3.85. The van der Waals surface area contributed by atoms with Gasteiger partial charge in [-0.05, 0) is 12.1 Å². The van der Waals surface area contributed by atoms with Gasteiger partial charge < -0.3 is 4.42 Å². The van der Waals surface area contributed by atoms with Crippen molar-refractivity contribution in [1.82, 2.24) is 14.8 Å². The lowest BCUT2D eigenvalue weighted by Crippen LogP contribution is -2.22. The number of nitro benzene ring substituents is 1. The van der Waals surface area contributed by atoms with Crippen molar-refractivity contribution in [1.29, 1.82) is 0 Å². The van der Waals surface area contributed by atoms with Crippen LogP contribution in [0.25, 0.3) is 22.4 Å². The van der Waals surface area contributed by atoms with E-state index in [9.17, 15) is 14.9 Å². The molecule has 0 fully saturated rings. The van der Waals surface area contributed by atoms with E-state index in [2.05, 4.69) is 10.1 Å². The number of benzene rings is 2. The van der Waals surface area contributed by atoms with E-state index in [0.29, 0.717) is 16.8 Å². The maximum absolute atomic E-state index is 12.1. The van der Waals surface area contributed by atoms with E-state index < -0.39 is 4.92 Å². The minimum atomic E-state index is -0.497. The van der Waals surface area contributed by atoms with Crippen molar-refractivity contribution in [2.45, 2.75) is 6.54 Å². The number of fused-ring (bicyclic) bond motifs is 1. The lowest BCUT2D eigenvalue weighted by atomic mass is 10.1. The SMILES string of the molecule is O=c1ccc(-c2ccccc2)nn1Cc1nc2cc([N+](=O)[O-])ccc2o1. The van der Waals surface area contributed by atoms with Crippen LogP contribution in [0.15, 0.2) is 69.9 Å². The fourth-order valence-corrected chi connectivity index (χ4v) is 2.60. The molecule has 0 radical (unpaired) electrons. The number of hydrogen-bond acceptors (Lipinski definition) is 6. The molecular weight excluding hydrogens is 336 g/mol. The highest BCUT2D eigenvalue weighted by molar-refractivity contribution is 5.75. The molecule has 0 aliphatic rings. The summed E-state index contributed by atoms with van der Waals surface area (Å²) >= 11 is 0. The van der Waals surface area contributed by atoms with Crippen molar-refractivity contribution >= 4 is 16.8 Å². The number of rotatable bonds is 4. The quantitative estimate of drug-likeness (QED) is 0.415. The largest absolute Gasteiger partial charge is 0.439 e. The maximum Gasteiger partial charge on any atom is 0.271 e. The second-order valence-corrected chi connectivity index (χ2v) is 5.60. The molecule has 0 aliphatic carbocycles. The molecule has 4 aromatic rings. The molecule has 2 aromatic carbocycles. The molecule has 0 amide bonds. The topological polar surface area (TPSA) is 104 Å². The van der Waals surface area contributed by atoms with E-state index in [4.69, 9.17) is 4.42 Å². The van der Waals surface area contributed by atoms with Crippen LogP contribution in [0.4, 0.5) is 5.69 Å². The van der Waals surface area contributed by atoms with Gasteiger partial charge in [-0.2, -0.15) is 5.10 Å². The molecule has 0 bridgehead atoms. The Balaban J connectivity index is 1.70. The van der Waals surface area contributed by atoms with Gasteiger partial charge in [0.15, 0.2) is 5.58 Å². The molecule has 0 aliphatic heterocycles. The first-order chi connectivity index (χ1) is 12.6. The van der Waals surface area contributed by atoms with Gasteiger partial charge in [0.05, 0.1) is 10.6 Å². The van der Waals surface area contributed by atoms with Gasteiger partial charge in [-0.25, -0.2) is 9.67 Å². The minimum absolute atomic E-state index is 0.0297. The van der Waals surface area contributed by atoms with Crippen LogP contribution in [0.5, 0.6) is 0 Å². The maximum atomic E-state index is 12.1. The van der Waals surface area contributed by atoms with Crippen LogP contribution < -0.4 is 5.56 Å². The second-order valence-electron chi connectivity index (χ2n) is 5.60. The first kappa shape index (κ1) is 15.7. The molecule has 26 heavy (non-hydrogen) atoms. The summed E-state index contributed by atoms with van der Waals surface area (Å²) in [7, 11) is 0. The van der Waals surface area contributed by atoms with Crippen LogP contribution >= 0.6 is 0 Å². The van der Waals surface area contributed by atoms with E-state index in [1.165, 1.54) is 28.9 Å². The molecule has 8 heteroatoms. The van der Waals surface area contributed by atoms with E-state index >= 15 is 0 Å². The summed E-state index contributed by atoms with van der Waals surface area (Å²) in [4.78, 5) is 26.7. The number of nitrogens with zero attached hydrogens (tertiary/aromatic N) is 4. The zero-order valence-corrected chi connectivity index (χ0v) is 13.4. The molecule has 4 rings (SSSR count).